The van der Waals surface area contributed by atoms with Crippen molar-refractivity contribution in [2.45, 2.75) is 83.0 Å². The van der Waals surface area contributed by atoms with Crippen LogP contribution in [-0.4, -0.2) is 82.9 Å². The summed E-state index contributed by atoms with van der Waals surface area (Å²) in [6.07, 6.45) is 3.88. The van der Waals surface area contributed by atoms with E-state index < -0.39 is 11.8 Å². The van der Waals surface area contributed by atoms with Gasteiger partial charge in [0.15, 0.2) is 5.78 Å². The zero-order valence-electron chi connectivity index (χ0n) is 26.4. The average Bonchev–Trinajstić information content (AvgIpc) is 3.72. The van der Waals surface area contributed by atoms with E-state index in [4.69, 9.17) is 21.1 Å². The average molecular weight is 668 g/mol. The van der Waals surface area contributed by atoms with Crippen LogP contribution in [-0.2, 0) is 25.5 Å². The number of rotatable bonds is 10. The Balaban J connectivity index is 1.26. The number of Topliss-reactive ketones (excluding diaryl/α,β-unsaturated/α-hetero) is 1. The molecule has 3 heterocycles. The number of ketones is 1. The van der Waals surface area contributed by atoms with Crippen LogP contribution >= 0.6 is 22.9 Å². The van der Waals surface area contributed by atoms with E-state index in [1.54, 1.807) is 12.1 Å². The zero-order valence-corrected chi connectivity index (χ0v) is 27.9. The van der Waals surface area contributed by atoms with Gasteiger partial charge in [-0.25, -0.2) is 0 Å². The van der Waals surface area contributed by atoms with Crippen LogP contribution in [0.4, 0.5) is 5.69 Å². The Kier molecular flexibility index (Phi) is 10.1. The van der Waals surface area contributed by atoms with E-state index in [9.17, 15) is 19.5 Å². The van der Waals surface area contributed by atoms with Gasteiger partial charge in [0.1, 0.15) is 0 Å². The maximum Gasteiger partial charge on any atom is 0.306 e. The van der Waals surface area contributed by atoms with Crippen molar-refractivity contribution in [1.29, 1.82) is 0 Å². The minimum absolute atomic E-state index is 0.0753. The SMILES string of the molecule is C[C@@H]1CN(C(O[C@H]2CC[C@H](C(=O)O)CC2)(C(=O)Cc2ccc(NC(=O)c3csc4ccccc34)c(Cl)c2)N2CCCC2)C[C@H](C)O1. The number of ether oxygens (including phenoxy) is 2. The molecule has 1 unspecified atom stereocenters. The molecule has 1 aliphatic carbocycles. The summed E-state index contributed by atoms with van der Waals surface area (Å²) >= 11 is 8.24. The molecule has 3 aliphatic rings. The fourth-order valence-electron chi connectivity index (χ4n) is 7.29. The van der Waals surface area contributed by atoms with Crippen molar-refractivity contribution in [2.75, 3.05) is 31.5 Å². The smallest absolute Gasteiger partial charge is 0.306 e. The fourth-order valence-corrected chi connectivity index (χ4v) is 8.48. The molecule has 1 amide bonds. The number of carbonyl (C=O) groups excluding carboxylic acids is 2. The number of thiophene rings is 1. The number of amides is 1. The number of hydrogen-bond donors (Lipinski definition) is 2. The van der Waals surface area contributed by atoms with Gasteiger partial charge in [-0.15, -0.1) is 11.3 Å². The van der Waals surface area contributed by atoms with Gasteiger partial charge in [0.25, 0.3) is 5.91 Å². The topological polar surface area (TPSA) is 108 Å². The van der Waals surface area contributed by atoms with Crippen molar-refractivity contribution in [1.82, 2.24) is 9.80 Å². The van der Waals surface area contributed by atoms with Crippen LogP contribution in [0.3, 0.4) is 0 Å². The van der Waals surface area contributed by atoms with Gasteiger partial charge < -0.3 is 19.9 Å². The van der Waals surface area contributed by atoms with Gasteiger partial charge in [0.05, 0.1) is 40.5 Å². The van der Waals surface area contributed by atoms with Crippen LogP contribution in [0.1, 0.15) is 68.3 Å². The molecule has 46 heavy (non-hydrogen) atoms. The molecule has 6 rings (SSSR count). The summed E-state index contributed by atoms with van der Waals surface area (Å²) < 4.78 is 14.1. The third kappa shape index (κ3) is 6.88. The number of halogens is 1. The molecule has 1 saturated carbocycles. The summed E-state index contributed by atoms with van der Waals surface area (Å²) in [5.41, 5.74) is 1.80. The second-order valence-corrected chi connectivity index (χ2v) is 14.2. The van der Waals surface area contributed by atoms with Crippen LogP contribution < -0.4 is 5.32 Å². The lowest BCUT2D eigenvalue weighted by molar-refractivity contribution is -0.274. The molecule has 246 valence electrons. The first kappa shape index (κ1) is 33.1. The standard InChI is InChI=1S/C35H42ClN3O6S/c1-22-19-39(20-23(2)44-22)35(38-15-5-6-16-38,45-26-12-10-25(11-13-26)34(42)43)32(40)18-24-9-14-30(29(36)17-24)37-33(41)28-21-46-31-8-4-3-7-27(28)31/h3-4,7-9,14,17,21-23,25-26H,5-6,10-13,15-16,18-20H2,1-2H3,(H,37,41)(H,42,43)/t22-,23+,25-,26-,35?. The van der Waals surface area contributed by atoms with Crippen LogP contribution in [0.2, 0.25) is 5.02 Å². The molecular formula is C35H42ClN3O6S. The Morgan fingerprint density at radius 1 is 1.02 bits per heavy atom. The van der Waals surface area contributed by atoms with Gasteiger partial charge in [0.2, 0.25) is 5.85 Å². The van der Waals surface area contributed by atoms with E-state index in [0.717, 1.165) is 41.6 Å². The maximum absolute atomic E-state index is 14.8. The second kappa shape index (κ2) is 14.1. The Morgan fingerprint density at radius 2 is 1.72 bits per heavy atom. The van der Waals surface area contributed by atoms with Crippen LogP contribution in [0.25, 0.3) is 10.1 Å². The first-order chi connectivity index (χ1) is 22.1. The number of hydrogen-bond acceptors (Lipinski definition) is 8. The molecule has 0 radical (unpaired) electrons. The highest BCUT2D eigenvalue weighted by Crippen LogP contribution is 2.38. The van der Waals surface area contributed by atoms with Crippen molar-refractivity contribution >= 4 is 56.4 Å². The highest BCUT2D eigenvalue weighted by Gasteiger charge is 2.54. The lowest BCUT2D eigenvalue weighted by atomic mass is 9.87. The number of fused-ring (bicyclic) bond motifs is 1. The Bertz CT molecular complexity index is 1570. The predicted octanol–water partition coefficient (Wildman–Crippen LogP) is 6.44. The molecule has 2 N–H and O–H groups in total. The molecule has 1 aromatic heterocycles. The maximum atomic E-state index is 14.8. The molecule has 9 nitrogen and oxygen atoms in total. The monoisotopic (exact) mass is 667 g/mol. The molecule has 2 aromatic carbocycles. The van der Waals surface area contributed by atoms with Gasteiger partial charge in [-0.1, -0.05) is 35.9 Å². The number of benzene rings is 2. The number of likely N-dealkylation sites (tertiary alicyclic amines) is 1. The largest absolute Gasteiger partial charge is 0.481 e. The van der Waals surface area contributed by atoms with Crippen molar-refractivity contribution in [3.05, 3.63) is 64.0 Å². The van der Waals surface area contributed by atoms with Crippen molar-refractivity contribution in [3.63, 3.8) is 0 Å². The number of nitrogens with zero attached hydrogens (tertiary/aromatic N) is 2. The summed E-state index contributed by atoms with van der Waals surface area (Å²) in [5, 5.41) is 15.6. The van der Waals surface area contributed by atoms with E-state index in [1.807, 2.05) is 49.6 Å². The van der Waals surface area contributed by atoms with Gasteiger partial charge in [-0.2, -0.15) is 0 Å². The second-order valence-electron chi connectivity index (χ2n) is 12.9. The molecule has 0 bridgehead atoms. The van der Waals surface area contributed by atoms with E-state index >= 15 is 0 Å². The third-order valence-corrected chi connectivity index (χ3v) is 10.7. The van der Waals surface area contributed by atoms with Crippen molar-refractivity contribution < 1.29 is 29.0 Å². The van der Waals surface area contributed by atoms with Crippen LogP contribution in [0.5, 0.6) is 0 Å². The number of morpholine rings is 1. The van der Waals surface area contributed by atoms with E-state index in [1.165, 1.54) is 11.3 Å². The molecule has 2 saturated heterocycles. The number of carbonyl (C=O) groups is 3. The number of carboxylic acids is 1. The molecule has 11 heteroatoms. The van der Waals surface area contributed by atoms with Gasteiger partial charge >= 0.3 is 5.97 Å². The summed E-state index contributed by atoms with van der Waals surface area (Å²) in [4.78, 5) is 43.9. The van der Waals surface area contributed by atoms with Crippen molar-refractivity contribution in [2.24, 2.45) is 5.92 Å². The number of carboxylic acid groups (broad SMARTS) is 1. The number of aliphatic carboxylic acids is 1. The summed E-state index contributed by atoms with van der Waals surface area (Å²) in [7, 11) is 0. The Labute approximate surface area is 278 Å². The molecular weight excluding hydrogens is 626 g/mol. The summed E-state index contributed by atoms with van der Waals surface area (Å²) in [6, 6.07) is 13.1. The van der Waals surface area contributed by atoms with Gasteiger partial charge in [-0.05, 0) is 76.1 Å². The van der Waals surface area contributed by atoms with Gasteiger partial charge in [-0.3, -0.25) is 24.2 Å². The van der Waals surface area contributed by atoms with E-state index in [0.29, 0.717) is 55.0 Å². The zero-order chi connectivity index (χ0) is 32.4. The molecule has 3 fully saturated rings. The quantitative estimate of drug-likeness (QED) is 0.255. The Morgan fingerprint density at radius 3 is 2.39 bits per heavy atom. The molecule has 3 atom stereocenters. The first-order valence-corrected chi connectivity index (χ1v) is 17.5. The lowest BCUT2D eigenvalue weighted by Gasteiger charge is -2.52. The Hall–Kier alpha value is -2.86. The highest BCUT2D eigenvalue weighted by atomic mass is 35.5. The molecule has 3 aromatic rings. The summed E-state index contributed by atoms with van der Waals surface area (Å²) in [5.74, 6) is -2.76. The van der Waals surface area contributed by atoms with Crippen LogP contribution in [0.15, 0.2) is 47.8 Å². The lowest BCUT2D eigenvalue weighted by Crippen LogP contribution is -2.71. The normalized spacial score (nSPS) is 25.7. The molecule has 0 spiro atoms. The van der Waals surface area contributed by atoms with Crippen molar-refractivity contribution in [3.8, 4) is 0 Å². The highest BCUT2D eigenvalue weighted by molar-refractivity contribution is 7.17. The first-order valence-electron chi connectivity index (χ1n) is 16.3. The van der Waals surface area contributed by atoms with Crippen LogP contribution in [0, 0.1) is 5.92 Å². The predicted molar refractivity (Wildman–Crippen MR) is 180 cm³/mol. The fraction of sp³-hybridized carbons (Fsp3) is 0.514. The number of nitrogens with one attached hydrogen (secondary N) is 1. The molecule has 2 aliphatic heterocycles. The summed E-state index contributed by atoms with van der Waals surface area (Å²) in [6.45, 7) is 6.59. The van der Waals surface area contributed by atoms with E-state index in [2.05, 4.69) is 15.1 Å². The van der Waals surface area contributed by atoms with Gasteiger partial charge in [0, 0.05) is 48.1 Å². The third-order valence-electron chi connectivity index (χ3n) is 9.47. The minimum atomic E-state index is -1.30. The minimum Gasteiger partial charge on any atom is -0.481 e. The van der Waals surface area contributed by atoms with E-state index in [-0.39, 0.29) is 42.3 Å². The number of anilines is 1.